The van der Waals surface area contributed by atoms with E-state index in [0.29, 0.717) is 6.07 Å². The first-order valence-electron chi connectivity index (χ1n) is 3.86. The zero-order chi connectivity index (χ0) is 11.5. The number of hydrogen-bond acceptors (Lipinski definition) is 0. The highest BCUT2D eigenvalue weighted by Crippen LogP contribution is 2.31. The minimum atomic E-state index is -4.71. The average Bonchev–Trinajstić information content (AvgIpc) is 2.15. The normalized spacial score (nSPS) is 10.7. The fraction of sp³-hybridized carbons (Fsp3) is 0.200. The van der Waals surface area contributed by atoms with E-state index in [2.05, 4.69) is 11.8 Å². The smallest absolute Gasteiger partial charge is 0.206 e. The molecule has 5 heteroatoms. The molecular formula is C10H5ClF4. The molecule has 0 nitrogen and oxygen atoms in total. The lowest BCUT2D eigenvalue weighted by Gasteiger charge is -2.07. The zero-order valence-electron chi connectivity index (χ0n) is 7.33. The van der Waals surface area contributed by atoms with Crippen LogP contribution in [0.25, 0.3) is 0 Å². The lowest BCUT2D eigenvalue weighted by atomic mass is 10.1. The van der Waals surface area contributed by atoms with Gasteiger partial charge in [-0.3, -0.25) is 0 Å². The molecule has 0 atom stereocenters. The van der Waals surface area contributed by atoms with Crippen molar-refractivity contribution in [2.45, 2.75) is 6.18 Å². The summed E-state index contributed by atoms with van der Waals surface area (Å²) in [5, 5.41) is 0. The Morgan fingerprint density at radius 2 is 1.93 bits per heavy atom. The molecule has 1 aromatic rings. The third-order valence-electron chi connectivity index (χ3n) is 1.57. The van der Waals surface area contributed by atoms with Crippen molar-refractivity contribution < 1.29 is 17.6 Å². The van der Waals surface area contributed by atoms with Gasteiger partial charge in [0, 0.05) is 5.56 Å². The van der Waals surface area contributed by atoms with Crippen molar-refractivity contribution in [1.29, 1.82) is 0 Å². The van der Waals surface area contributed by atoms with E-state index < -0.39 is 17.6 Å². The van der Waals surface area contributed by atoms with Crippen molar-refractivity contribution in [3.05, 3.63) is 35.1 Å². The number of benzene rings is 1. The summed E-state index contributed by atoms with van der Waals surface area (Å²) in [6.07, 6.45) is -4.71. The molecule has 0 aliphatic heterocycles. The number of alkyl halides is 4. The van der Waals surface area contributed by atoms with Gasteiger partial charge in [0.15, 0.2) is 0 Å². The molecule has 0 aromatic heterocycles. The summed E-state index contributed by atoms with van der Waals surface area (Å²) >= 11 is 5.24. The van der Waals surface area contributed by atoms with Crippen LogP contribution >= 0.6 is 11.6 Å². The van der Waals surface area contributed by atoms with Crippen molar-refractivity contribution in [2.24, 2.45) is 0 Å². The van der Waals surface area contributed by atoms with E-state index in [-0.39, 0.29) is 11.4 Å². The quantitative estimate of drug-likeness (QED) is 0.368. The standard InChI is InChI=1S/C10H5ClF4/c11-5-1-2-7-3-4-9(12)8(6-7)10(13,14)15/h3-4,6H,5H2. The van der Waals surface area contributed by atoms with Crippen molar-refractivity contribution in [3.63, 3.8) is 0 Å². The van der Waals surface area contributed by atoms with Gasteiger partial charge in [-0.15, -0.1) is 11.6 Å². The van der Waals surface area contributed by atoms with Crippen LogP contribution in [-0.4, -0.2) is 5.88 Å². The summed E-state index contributed by atoms with van der Waals surface area (Å²) in [5.74, 6) is 3.48. The first-order valence-corrected chi connectivity index (χ1v) is 4.40. The minimum absolute atomic E-state index is 0.0126. The summed E-state index contributed by atoms with van der Waals surface area (Å²) in [5.41, 5.74) is -1.23. The van der Waals surface area contributed by atoms with Gasteiger partial charge >= 0.3 is 6.18 Å². The second-order valence-corrected chi connectivity index (χ2v) is 2.90. The van der Waals surface area contributed by atoms with Crippen LogP contribution in [0.2, 0.25) is 0 Å². The molecule has 0 unspecified atom stereocenters. The summed E-state index contributed by atoms with van der Waals surface area (Å²) in [7, 11) is 0. The Morgan fingerprint density at radius 3 is 2.47 bits per heavy atom. The Bertz CT molecular complexity index is 412. The molecule has 0 fully saturated rings. The summed E-state index contributed by atoms with van der Waals surface area (Å²) in [6, 6.07) is 2.57. The molecule has 0 N–H and O–H groups in total. The van der Waals surface area contributed by atoms with Crippen LogP contribution in [-0.2, 0) is 6.18 Å². The average molecular weight is 237 g/mol. The van der Waals surface area contributed by atoms with Gasteiger partial charge in [-0.05, 0) is 18.2 Å². The maximum Gasteiger partial charge on any atom is 0.419 e. The van der Waals surface area contributed by atoms with E-state index in [9.17, 15) is 17.6 Å². The van der Waals surface area contributed by atoms with Crippen molar-refractivity contribution in [2.75, 3.05) is 5.88 Å². The van der Waals surface area contributed by atoms with E-state index in [1.165, 1.54) is 6.07 Å². The summed E-state index contributed by atoms with van der Waals surface area (Å²) < 4.78 is 49.5. The van der Waals surface area contributed by atoms with Crippen molar-refractivity contribution >= 4 is 11.6 Å². The van der Waals surface area contributed by atoms with Crippen LogP contribution in [0.1, 0.15) is 11.1 Å². The van der Waals surface area contributed by atoms with Crippen LogP contribution in [0.4, 0.5) is 17.6 Å². The highest BCUT2D eigenvalue weighted by molar-refractivity contribution is 6.19. The molecule has 0 amide bonds. The van der Waals surface area contributed by atoms with E-state index in [0.717, 1.165) is 6.07 Å². The largest absolute Gasteiger partial charge is 0.419 e. The highest BCUT2D eigenvalue weighted by atomic mass is 35.5. The fourth-order valence-electron chi connectivity index (χ4n) is 0.956. The van der Waals surface area contributed by atoms with Gasteiger partial charge in [0.05, 0.1) is 11.4 Å². The number of rotatable bonds is 0. The van der Waals surface area contributed by atoms with Crippen molar-refractivity contribution in [1.82, 2.24) is 0 Å². The van der Waals surface area contributed by atoms with Gasteiger partial charge in [-0.1, -0.05) is 11.8 Å². The van der Waals surface area contributed by atoms with Gasteiger partial charge < -0.3 is 0 Å². The first kappa shape index (κ1) is 11.9. The third-order valence-corrected chi connectivity index (χ3v) is 1.70. The molecule has 1 rings (SSSR count). The SMILES string of the molecule is Fc1ccc(C#CCCl)cc1C(F)(F)F. The van der Waals surface area contributed by atoms with Gasteiger partial charge in [0.1, 0.15) is 5.82 Å². The lowest BCUT2D eigenvalue weighted by molar-refractivity contribution is -0.140. The predicted octanol–water partition coefficient (Wildman–Crippen LogP) is 3.43. The number of hydrogen-bond donors (Lipinski definition) is 0. The van der Waals surface area contributed by atoms with E-state index in [4.69, 9.17) is 11.6 Å². The van der Waals surface area contributed by atoms with E-state index in [1.807, 2.05) is 0 Å². The van der Waals surface area contributed by atoms with Crippen molar-refractivity contribution in [3.8, 4) is 11.8 Å². The van der Waals surface area contributed by atoms with Gasteiger partial charge in [0.25, 0.3) is 0 Å². The van der Waals surface area contributed by atoms with Crippen LogP contribution in [0.5, 0.6) is 0 Å². The highest BCUT2D eigenvalue weighted by Gasteiger charge is 2.34. The lowest BCUT2D eigenvalue weighted by Crippen LogP contribution is -2.08. The van der Waals surface area contributed by atoms with Crippen LogP contribution < -0.4 is 0 Å². The second-order valence-electron chi connectivity index (χ2n) is 2.63. The van der Waals surface area contributed by atoms with Gasteiger partial charge in [-0.2, -0.15) is 13.2 Å². The Balaban J connectivity index is 3.17. The Labute approximate surface area is 88.9 Å². The van der Waals surface area contributed by atoms with E-state index in [1.54, 1.807) is 0 Å². The second kappa shape index (κ2) is 4.54. The van der Waals surface area contributed by atoms with Gasteiger partial charge in [-0.25, -0.2) is 4.39 Å². The third kappa shape index (κ3) is 3.14. The monoisotopic (exact) mass is 236 g/mol. The first-order chi connectivity index (χ1) is 6.95. The predicted molar refractivity (Wildman–Crippen MR) is 49.0 cm³/mol. The molecule has 1 aromatic carbocycles. The molecule has 0 radical (unpaired) electrons. The Kier molecular flexibility index (Phi) is 3.59. The molecule has 80 valence electrons. The molecule has 0 aliphatic rings. The fourth-order valence-corrected chi connectivity index (χ4v) is 1.02. The minimum Gasteiger partial charge on any atom is -0.206 e. The summed E-state index contributed by atoms with van der Waals surface area (Å²) in [6.45, 7) is 0. The molecule has 0 bridgehead atoms. The molecule has 15 heavy (non-hydrogen) atoms. The maximum atomic E-state index is 12.8. The zero-order valence-corrected chi connectivity index (χ0v) is 8.08. The molecule has 0 saturated carbocycles. The molecule has 0 spiro atoms. The molecule has 0 heterocycles. The summed E-state index contributed by atoms with van der Waals surface area (Å²) in [4.78, 5) is 0. The molecule has 0 aliphatic carbocycles. The Morgan fingerprint density at radius 1 is 1.27 bits per heavy atom. The number of halogens is 5. The van der Waals surface area contributed by atoms with Crippen LogP contribution in [0.3, 0.4) is 0 Å². The Hall–Kier alpha value is -1.21. The van der Waals surface area contributed by atoms with Gasteiger partial charge in [0.2, 0.25) is 0 Å². The van der Waals surface area contributed by atoms with E-state index >= 15 is 0 Å². The maximum absolute atomic E-state index is 12.8. The molecule has 0 saturated heterocycles. The van der Waals surface area contributed by atoms with Crippen LogP contribution in [0, 0.1) is 17.7 Å². The topological polar surface area (TPSA) is 0 Å². The van der Waals surface area contributed by atoms with Crippen LogP contribution in [0.15, 0.2) is 18.2 Å². The molecular weight excluding hydrogens is 232 g/mol.